The quantitative estimate of drug-likeness (QED) is 0.675. The zero-order valence-corrected chi connectivity index (χ0v) is 8.86. The minimum Gasteiger partial charge on any atom is -0.324 e. The van der Waals surface area contributed by atoms with Gasteiger partial charge in [0.2, 0.25) is 10.0 Å². The lowest BCUT2D eigenvalue weighted by Gasteiger charge is -2.37. The summed E-state index contributed by atoms with van der Waals surface area (Å²) in [6, 6.07) is 0. The monoisotopic (exact) mass is 206 g/mol. The van der Waals surface area contributed by atoms with Gasteiger partial charge in [-0.3, -0.25) is 0 Å². The van der Waals surface area contributed by atoms with E-state index in [1.54, 1.807) is 0 Å². The highest BCUT2D eigenvalue weighted by atomic mass is 32.2. The maximum Gasteiger partial charge on any atom is 0.211 e. The minimum absolute atomic E-state index is 0.197. The van der Waals surface area contributed by atoms with Gasteiger partial charge in [0.05, 0.1) is 5.75 Å². The SMILES string of the molecule is CCCS(=O)(=O)NCC1(N)CCC1. The number of hydrogen-bond acceptors (Lipinski definition) is 3. The summed E-state index contributed by atoms with van der Waals surface area (Å²) in [6.45, 7) is 2.25. The van der Waals surface area contributed by atoms with Crippen molar-refractivity contribution < 1.29 is 8.42 Å². The van der Waals surface area contributed by atoms with E-state index in [2.05, 4.69) is 4.72 Å². The van der Waals surface area contributed by atoms with Gasteiger partial charge in [-0.25, -0.2) is 13.1 Å². The Kier molecular flexibility index (Phi) is 3.32. The van der Waals surface area contributed by atoms with Crippen molar-refractivity contribution in [2.75, 3.05) is 12.3 Å². The van der Waals surface area contributed by atoms with Gasteiger partial charge in [0, 0.05) is 12.1 Å². The van der Waals surface area contributed by atoms with Crippen molar-refractivity contribution in [1.82, 2.24) is 4.72 Å². The van der Waals surface area contributed by atoms with E-state index in [1.807, 2.05) is 6.92 Å². The molecule has 78 valence electrons. The molecule has 0 unspecified atom stereocenters. The third-order valence-electron chi connectivity index (χ3n) is 2.47. The van der Waals surface area contributed by atoms with E-state index in [0.29, 0.717) is 13.0 Å². The molecule has 0 atom stereocenters. The normalized spacial score (nSPS) is 21.1. The van der Waals surface area contributed by atoms with Gasteiger partial charge < -0.3 is 5.73 Å². The zero-order chi connectivity index (χ0) is 9.95. The Morgan fingerprint density at radius 2 is 2.08 bits per heavy atom. The molecule has 1 aliphatic carbocycles. The van der Waals surface area contributed by atoms with E-state index in [-0.39, 0.29) is 11.3 Å². The van der Waals surface area contributed by atoms with Crippen molar-refractivity contribution in [2.24, 2.45) is 5.73 Å². The molecule has 0 aromatic heterocycles. The molecule has 4 nitrogen and oxygen atoms in total. The molecule has 1 aliphatic rings. The van der Waals surface area contributed by atoms with E-state index in [4.69, 9.17) is 5.73 Å². The molecule has 5 heteroatoms. The van der Waals surface area contributed by atoms with Gasteiger partial charge in [-0.2, -0.15) is 0 Å². The fourth-order valence-corrected chi connectivity index (χ4v) is 2.59. The highest BCUT2D eigenvalue weighted by Gasteiger charge is 2.33. The van der Waals surface area contributed by atoms with Gasteiger partial charge in [0.25, 0.3) is 0 Å². The second-order valence-corrected chi connectivity index (χ2v) is 5.78. The summed E-state index contributed by atoms with van der Waals surface area (Å²) in [7, 11) is -3.07. The van der Waals surface area contributed by atoms with Crippen molar-refractivity contribution in [3.8, 4) is 0 Å². The highest BCUT2D eigenvalue weighted by Crippen LogP contribution is 2.28. The van der Waals surface area contributed by atoms with E-state index >= 15 is 0 Å². The van der Waals surface area contributed by atoms with Crippen LogP contribution in [0.15, 0.2) is 0 Å². The van der Waals surface area contributed by atoms with Crippen LogP contribution in [0.3, 0.4) is 0 Å². The van der Waals surface area contributed by atoms with Crippen LogP contribution in [0.5, 0.6) is 0 Å². The number of hydrogen-bond donors (Lipinski definition) is 2. The molecule has 0 saturated heterocycles. The molecule has 13 heavy (non-hydrogen) atoms. The predicted molar refractivity (Wildman–Crippen MR) is 52.8 cm³/mol. The number of rotatable bonds is 5. The van der Waals surface area contributed by atoms with E-state index in [0.717, 1.165) is 19.3 Å². The lowest BCUT2D eigenvalue weighted by Crippen LogP contribution is -2.55. The molecule has 0 aromatic carbocycles. The third-order valence-corrected chi connectivity index (χ3v) is 4.00. The average molecular weight is 206 g/mol. The van der Waals surface area contributed by atoms with Crippen LogP contribution in [0, 0.1) is 0 Å². The summed E-state index contributed by atoms with van der Waals surface area (Å²) < 4.78 is 25.1. The first kappa shape index (κ1) is 10.9. The number of sulfonamides is 1. The van der Waals surface area contributed by atoms with Gasteiger partial charge in [-0.05, 0) is 25.7 Å². The molecular weight excluding hydrogens is 188 g/mol. The maximum atomic E-state index is 11.3. The molecule has 0 aromatic rings. The highest BCUT2D eigenvalue weighted by molar-refractivity contribution is 7.89. The van der Waals surface area contributed by atoms with E-state index in [9.17, 15) is 8.42 Å². The lowest BCUT2D eigenvalue weighted by molar-refractivity contribution is 0.251. The van der Waals surface area contributed by atoms with Gasteiger partial charge in [0.15, 0.2) is 0 Å². The van der Waals surface area contributed by atoms with Crippen molar-refractivity contribution in [2.45, 2.75) is 38.1 Å². The van der Waals surface area contributed by atoms with Crippen LogP contribution < -0.4 is 10.5 Å². The van der Waals surface area contributed by atoms with Crippen molar-refractivity contribution in [3.05, 3.63) is 0 Å². The van der Waals surface area contributed by atoms with Crippen LogP contribution in [0.25, 0.3) is 0 Å². The molecule has 0 aliphatic heterocycles. The molecule has 0 heterocycles. The average Bonchev–Trinajstić information content (AvgIpc) is 1.97. The topological polar surface area (TPSA) is 72.2 Å². The van der Waals surface area contributed by atoms with Crippen LogP contribution >= 0.6 is 0 Å². The fraction of sp³-hybridized carbons (Fsp3) is 1.00. The van der Waals surface area contributed by atoms with Crippen LogP contribution in [0.2, 0.25) is 0 Å². The molecule has 1 saturated carbocycles. The van der Waals surface area contributed by atoms with Crippen LogP contribution in [-0.4, -0.2) is 26.3 Å². The standard InChI is InChI=1S/C8H18N2O2S/c1-2-6-13(11,12)10-7-8(9)4-3-5-8/h10H,2-7,9H2,1H3. The van der Waals surface area contributed by atoms with Gasteiger partial charge in [0.1, 0.15) is 0 Å². The number of nitrogens with one attached hydrogen (secondary N) is 1. The van der Waals surface area contributed by atoms with Gasteiger partial charge in [-0.1, -0.05) is 6.92 Å². The predicted octanol–water partition coefficient (Wildman–Crippen LogP) is 0.197. The Balaban J connectivity index is 2.33. The first-order valence-electron chi connectivity index (χ1n) is 4.74. The van der Waals surface area contributed by atoms with Crippen LogP contribution in [0.4, 0.5) is 0 Å². The van der Waals surface area contributed by atoms with E-state index in [1.165, 1.54) is 0 Å². The Morgan fingerprint density at radius 3 is 2.46 bits per heavy atom. The number of nitrogens with two attached hydrogens (primary N) is 1. The molecule has 0 spiro atoms. The summed E-state index contributed by atoms with van der Waals surface area (Å²) >= 11 is 0. The molecule has 0 radical (unpaired) electrons. The van der Waals surface area contributed by atoms with E-state index < -0.39 is 10.0 Å². The molecule has 3 N–H and O–H groups in total. The zero-order valence-electron chi connectivity index (χ0n) is 8.04. The van der Waals surface area contributed by atoms with Crippen molar-refractivity contribution in [1.29, 1.82) is 0 Å². The van der Waals surface area contributed by atoms with Crippen molar-refractivity contribution in [3.63, 3.8) is 0 Å². The first-order chi connectivity index (χ1) is 5.97. The van der Waals surface area contributed by atoms with Gasteiger partial charge in [-0.15, -0.1) is 0 Å². The Morgan fingerprint density at radius 1 is 1.46 bits per heavy atom. The molecule has 0 amide bonds. The Bertz CT molecular complexity index is 257. The van der Waals surface area contributed by atoms with Gasteiger partial charge >= 0.3 is 0 Å². The molecule has 1 rings (SSSR count). The molecular formula is C8H18N2O2S. The molecule has 0 bridgehead atoms. The third kappa shape index (κ3) is 3.25. The minimum atomic E-state index is -3.07. The van der Waals surface area contributed by atoms with Crippen molar-refractivity contribution >= 4 is 10.0 Å². The summed E-state index contributed by atoms with van der Waals surface area (Å²) in [4.78, 5) is 0. The summed E-state index contributed by atoms with van der Waals surface area (Å²) in [5.74, 6) is 0.197. The Hall–Kier alpha value is -0.130. The second-order valence-electron chi connectivity index (χ2n) is 3.86. The molecule has 1 fully saturated rings. The second kappa shape index (κ2) is 3.94. The smallest absolute Gasteiger partial charge is 0.211 e. The fourth-order valence-electron chi connectivity index (χ4n) is 1.40. The summed E-state index contributed by atoms with van der Waals surface area (Å²) in [5.41, 5.74) is 5.62. The largest absolute Gasteiger partial charge is 0.324 e. The van der Waals surface area contributed by atoms with Crippen LogP contribution in [-0.2, 0) is 10.0 Å². The van der Waals surface area contributed by atoms with Crippen LogP contribution in [0.1, 0.15) is 32.6 Å². The maximum absolute atomic E-state index is 11.3. The summed E-state index contributed by atoms with van der Waals surface area (Å²) in [6.07, 6.45) is 3.63. The lowest BCUT2D eigenvalue weighted by atomic mass is 9.78. The Labute approximate surface area is 79.9 Å². The summed E-state index contributed by atoms with van der Waals surface area (Å²) in [5, 5.41) is 0. The first-order valence-corrected chi connectivity index (χ1v) is 6.39.